The summed E-state index contributed by atoms with van der Waals surface area (Å²) >= 11 is 0. The van der Waals surface area contributed by atoms with E-state index in [1.807, 2.05) is 0 Å². The molecule has 2 N–H and O–H groups in total. The first-order valence-electron chi connectivity index (χ1n) is 5.83. The minimum atomic E-state index is -0.603. The maximum atomic E-state index is 12.0. The zero-order chi connectivity index (χ0) is 13.8. The molecule has 0 spiro atoms. The van der Waals surface area contributed by atoms with Gasteiger partial charge in [0.25, 0.3) is 0 Å². The molecular formula is C12H14N4O3. The molecule has 7 heteroatoms. The molecule has 0 fully saturated rings. The molecule has 0 radical (unpaired) electrons. The number of urea groups is 1. The predicted molar refractivity (Wildman–Crippen MR) is 65.8 cm³/mol. The molecular weight excluding hydrogens is 248 g/mol. The molecule has 19 heavy (non-hydrogen) atoms. The third kappa shape index (κ3) is 2.70. The van der Waals surface area contributed by atoms with Crippen molar-refractivity contribution in [3.05, 3.63) is 35.6 Å². The molecule has 2 amide bonds. The Morgan fingerprint density at radius 3 is 2.74 bits per heavy atom. The van der Waals surface area contributed by atoms with Crippen LogP contribution in [0, 0.1) is 0 Å². The maximum Gasteiger partial charge on any atom is 0.338 e. The van der Waals surface area contributed by atoms with Gasteiger partial charge in [0, 0.05) is 23.7 Å². The van der Waals surface area contributed by atoms with Crippen LogP contribution in [0.5, 0.6) is 0 Å². The average molecular weight is 262 g/mol. The van der Waals surface area contributed by atoms with E-state index in [0.29, 0.717) is 16.8 Å². The number of carbonyl (C=O) groups excluding carboxylic acids is 2. The Kier molecular flexibility index (Phi) is 3.74. The van der Waals surface area contributed by atoms with E-state index in [1.54, 1.807) is 26.2 Å². The summed E-state index contributed by atoms with van der Waals surface area (Å²) in [6.07, 6.45) is 4.48. The van der Waals surface area contributed by atoms with Crippen molar-refractivity contribution in [3.63, 3.8) is 0 Å². The number of carbonyl (C=O) groups is 2. The lowest BCUT2D eigenvalue weighted by Gasteiger charge is -2.27. The first kappa shape index (κ1) is 13.0. The van der Waals surface area contributed by atoms with E-state index in [4.69, 9.17) is 4.74 Å². The molecule has 1 atom stereocenters. The van der Waals surface area contributed by atoms with Gasteiger partial charge in [0.15, 0.2) is 0 Å². The SMILES string of the molecule is CCOC(=O)C1=C(C)NC(=O)NC1c1cncnc1. The van der Waals surface area contributed by atoms with Crippen molar-refractivity contribution < 1.29 is 14.3 Å². The van der Waals surface area contributed by atoms with Gasteiger partial charge in [-0.3, -0.25) is 0 Å². The molecule has 1 aliphatic rings. The van der Waals surface area contributed by atoms with Gasteiger partial charge in [0.2, 0.25) is 0 Å². The first-order valence-corrected chi connectivity index (χ1v) is 5.83. The number of allylic oxidation sites excluding steroid dienone is 1. The monoisotopic (exact) mass is 262 g/mol. The zero-order valence-corrected chi connectivity index (χ0v) is 10.6. The Labute approximate surface area is 110 Å². The van der Waals surface area contributed by atoms with Crippen molar-refractivity contribution in [3.8, 4) is 0 Å². The summed E-state index contributed by atoms with van der Waals surface area (Å²) in [5.41, 5.74) is 1.45. The van der Waals surface area contributed by atoms with Gasteiger partial charge in [-0.2, -0.15) is 0 Å². The molecule has 100 valence electrons. The van der Waals surface area contributed by atoms with Gasteiger partial charge in [-0.1, -0.05) is 0 Å². The van der Waals surface area contributed by atoms with Crippen LogP contribution in [-0.2, 0) is 9.53 Å². The molecule has 7 nitrogen and oxygen atoms in total. The van der Waals surface area contributed by atoms with Crippen LogP contribution in [0.4, 0.5) is 4.79 Å². The van der Waals surface area contributed by atoms with E-state index < -0.39 is 12.0 Å². The second kappa shape index (κ2) is 5.47. The van der Waals surface area contributed by atoms with E-state index in [9.17, 15) is 9.59 Å². The molecule has 2 rings (SSSR count). The Bertz CT molecular complexity index is 527. The van der Waals surface area contributed by atoms with Crippen LogP contribution in [-0.4, -0.2) is 28.6 Å². The van der Waals surface area contributed by atoms with Crippen molar-refractivity contribution in [2.45, 2.75) is 19.9 Å². The lowest BCUT2D eigenvalue weighted by atomic mass is 9.98. The molecule has 1 unspecified atom stereocenters. The van der Waals surface area contributed by atoms with Crippen LogP contribution in [0.25, 0.3) is 0 Å². The van der Waals surface area contributed by atoms with E-state index in [-0.39, 0.29) is 12.6 Å². The number of hydrogen-bond donors (Lipinski definition) is 2. The second-order valence-electron chi connectivity index (χ2n) is 3.96. The van der Waals surface area contributed by atoms with Crippen molar-refractivity contribution in [2.75, 3.05) is 6.61 Å². The molecule has 2 heterocycles. The van der Waals surface area contributed by atoms with Crippen LogP contribution < -0.4 is 10.6 Å². The standard InChI is InChI=1S/C12H14N4O3/c1-3-19-11(17)9-7(2)15-12(18)16-10(9)8-4-13-6-14-5-8/h4-6,10H,3H2,1-2H3,(H2,15,16,18). The normalized spacial score (nSPS) is 18.6. The molecule has 0 aromatic carbocycles. The highest BCUT2D eigenvalue weighted by Crippen LogP contribution is 2.26. The Hall–Kier alpha value is -2.44. The lowest BCUT2D eigenvalue weighted by molar-refractivity contribution is -0.139. The zero-order valence-electron chi connectivity index (χ0n) is 10.6. The first-order chi connectivity index (χ1) is 9.13. The minimum Gasteiger partial charge on any atom is -0.463 e. The summed E-state index contributed by atoms with van der Waals surface area (Å²) in [4.78, 5) is 31.3. The van der Waals surface area contributed by atoms with E-state index >= 15 is 0 Å². The van der Waals surface area contributed by atoms with Crippen LogP contribution in [0.15, 0.2) is 30.0 Å². The van der Waals surface area contributed by atoms with Gasteiger partial charge in [0.1, 0.15) is 6.33 Å². The summed E-state index contributed by atoms with van der Waals surface area (Å²) < 4.78 is 5.01. The second-order valence-corrected chi connectivity index (χ2v) is 3.96. The fourth-order valence-electron chi connectivity index (χ4n) is 1.88. The molecule has 0 aliphatic carbocycles. The fraction of sp³-hybridized carbons (Fsp3) is 0.333. The minimum absolute atomic E-state index is 0.265. The molecule has 1 aromatic heterocycles. The predicted octanol–water partition coefficient (Wildman–Crippen LogP) is 0.668. The van der Waals surface area contributed by atoms with Crippen molar-refractivity contribution >= 4 is 12.0 Å². The molecule has 0 saturated carbocycles. The van der Waals surface area contributed by atoms with Crippen LogP contribution >= 0.6 is 0 Å². The number of rotatable bonds is 3. The van der Waals surface area contributed by atoms with Gasteiger partial charge in [0.05, 0.1) is 18.2 Å². The highest BCUT2D eigenvalue weighted by Gasteiger charge is 2.32. The van der Waals surface area contributed by atoms with Gasteiger partial charge in [-0.05, 0) is 13.8 Å². The van der Waals surface area contributed by atoms with Gasteiger partial charge in [-0.25, -0.2) is 19.6 Å². The van der Waals surface area contributed by atoms with Crippen molar-refractivity contribution in [1.82, 2.24) is 20.6 Å². The number of amides is 2. The van der Waals surface area contributed by atoms with E-state index in [0.717, 1.165) is 0 Å². The smallest absolute Gasteiger partial charge is 0.338 e. The molecule has 1 aliphatic heterocycles. The summed E-state index contributed by atoms with van der Waals surface area (Å²) in [6.45, 7) is 3.65. The summed E-state index contributed by atoms with van der Waals surface area (Å²) in [6, 6.07) is -0.978. The van der Waals surface area contributed by atoms with Crippen LogP contribution in [0.3, 0.4) is 0 Å². The number of aromatic nitrogens is 2. The van der Waals surface area contributed by atoms with Crippen LogP contribution in [0.2, 0.25) is 0 Å². The Balaban J connectivity index is 2.41. The number of ether oxygens (including phenoxy) is 1. The highest BCUT2D eigenvalue weighted by molar-refractivity contribution is 5.94. The summed E-state index contributed by atoms with van der Waals surface area (Å²) in [7, 11) is 0. The lowest BCUT2D eigenvalue weighted by Crippen LogP contribution is -2.45. The average Bonchev–Trinajstić information content (AvgIpc) is 2.39. The molecule has 0 bridgehead atoms. The number of esters is 1. The van der Waals surface area contributed by atoms with E-state index in [2.05, 4.69) is 20.6 Å². The number of hydrogen-bond acceptors (Lipinski definition) is 5. The third-order valence-electron chi connectivity index (χ3n) is 2.68. The maximum absolute atomic E-state index is 12.0. The molecule has 0 saturated heterocycles. The molecule has 1 aromatic rings. The third-order valence-corrected chi connectivity index (χ3v) is 2.68. The largest absolute Gasteiger partial charge is 0.463 e. The van der Waals surface area contributed by atoms with Crippen molar-refractivity contribution in [1.29, 1.82) is 0 Å². The topological polar surface area (TPSA) is 93.2 Å². The summed E-state index contributed by atoms with van der Waals surface area (Å²) in [5, 5.41) is 5.22. The van der Waals surface area contributed by atoms with Crippen molar-refractivity contribution in [2.24, 2.45) is 0 Å². The van der Waals surface area contributed by atoms with Gasteiger partial charge >= 0.3 is 12.0 Å². The van der Waals surface area contributed by atoms with Gasteiger partial charge in [-0.15, -0.1) is 0 Å². The summed E-state index contributed by atoms with van der Waals surface area (Å²) in [5.74, 6) is -0.471. The quantitative estimate of drug-likeness (QED) is 0.781. The Morgan fingerprint density at radius 1 is 1.42 bits per heavy atom. The fourth-order valence-corrected chi connectivity index (χ4v) is 1.88. The number of nitrogens with zero attached hydrogens (tertiary/aromatic N) is 2. The number of nitrogens with one attached hydrogen (secondary N) is 2. The van der Waals surface area contributed by atoms with E-state index in [1.165, 1.54) is 6.33 Å². The Morgan fingerprint density at radius 2 is 2.11 bits per heavy atom. The van der Waals surface area contributed by atoms with Gasteiger partial charge < -0.3 is 15.4 Å². The van der Waals surface area contributed by atoms with Crippen LogP contribution in [0.1, 0.15) is 25.5 Å². The highest BCUT2D eigenvalue weighted by atomic mass is 16.5.